The van der Waals surface area contributed by atoms with Crippen LogP contribution in [0.3, 0.4) is 0 Å². The van der Waals surface area contributed by atoms with Crippen LogP contribution in [0.25, 0.3) is 0 Å². The third-order valence-electron chi connectivity index (χ3n) is 4.67. The van der Waals surface area contributed by atoms with Crippen LogP contribution in [0.15, 0.2) is 0 Å². The van der Waals surface area contributed by atoms with E-state index >= 15 is 0 Å². The van der Waals surface area contributed by atoms with Crippen molar-refractivity contribution in [1.82, 2.24) is 14.7 Å². The summed E-state index contributed by atoms with van der Waals surface area (Å²) in [6.45, 7) is 6.03. The molecule has 1 saturated heterocycles. The van der Waals surface area contributed by atoms with E-state index in [9.17, 15) is 4.79 Å². The highest BCUT2D eigenvalue weighted by Crippen LogP contribution is 2.25. The molecular formula is C15H30N4O. The van der Waals surface area contributed by atoms with Crippen LogP contribution in [0, 0.1) is 5.92 Å². The van der Waals surface area contributed by atoms with E-state index in [0.717, 1.165) is 65.0 Å². The molecule has 1 saturated carbocycles. The van der Waals surface area contributed by atoms with Crippen molar-refractivity contribution in [3.05, 3.63) is 0 Å². The van der Waals surface area contributed by atoms with Crippen LogP contribution in [0.2, 0.25) is 0 Å². The van der Waals surface area contributed by atoms with Gasteiger partial charge in [0, 0.05) is 51.2 Å². The average Bonchev–Trinajstić information content (AvgIpc) is 2.46. The molecule has 20 heavy (non-hydrogen) atoms. The minimum absolute atomic E-state index is 0.239. The van der Waals surface area contributed by atoms with Crippen molar-refractivity contribution in [3.63, 3.8) is 0 Å². The smallest absolute Gasteiger partial charge is 0.225 e. The predicted octanol–water partition coefficient (Wildman–Crippen LogP) is 0.210. The van der Waals surface area contributed by atoms with Crippen molar-refractivity contribution < 1.29 is 4.79 Å². The van der Waals surface area contributed by atoms with Gasteiger partial charge in [0.25, 0.3) is 0 Å². The van der Waals surface area contributed by atoms with Crippen molar-refractivity contribution in [3.8, 4) is 0 Å². The van der Waals surface area contributed by atoms with Crippen LogP contribution in [0.4, 0.5) is 0 Å². The van der Waals surface area contributed by atoms with Gasteiger partial charge in [-0.25, -0.2) is 0 Å². The number of likely N-dealkylation sites (N-methyl/N-ethyl adjacent to an activating group) is 1. The number of hydrogen-bond acceptors (Lipinski definition) is 4. The molecule has 2 fully saturated rings. The van der Waals surface area contributed by atoms with Gasteiger partial charge in [0.2, 0.25) is 5.91 Å². The molecule has 1 amide bonds. The van der Waals surface area contributed by atoms with Crippen LogP contribution in [0.1, 0.15) is 25.7 Å². The van der Waals surface area contributed by atoms with E-state index in [1.165, 1.54) is 0 Å². The van der Waals surface area contributed by atoms with Crippen LogP contribution in [0.5, 0.6) is 0 Å². The van der Waals surface area contributed by atoms with Gasteiger partial charge in [-0.15, -0.1) is 0 Å². The number of nitrogens with two attached hydrogens (primary N) is 1. The topological polar surface area (TPSA) is 52.8 Å². The predicted molar refractivity (Wildman–Crippen MR) is 81.5 cm³/mol. The van der Waals surface area contributed by atoms with Crippen LogP contribution < -0.4 is 5.73 Å². The second kappa shape index (κ2) is 7.38. The molecule has 2 aliphatic rings. The lowest BCUT2D eigenvalue weighted by atomic mass is 9.85. The Bertz CT molecular complexity index is 305. The van der Waals surface area contributed by atoms with Gasteiger partial charge in [-0.1, -0.05) is 0 Å². The highest BCUT2D eigenvalue weighted by atomic mass is 16.2. The quantitative estimate of drug-likeness (QED) is 0.801. The summed E-state index contributed by atoms with van der Waals surface area (Å²) >= 11 is 0. The standard InChI is InChI=1S/C15H30N4O/c1-17(2)7-8-18-9-11-19(12-10-18)15(20)13-3-5-14(16)6-4-13/h13-14H,3-12,16H2,1-2H3. The molecule has 0 aromatic rings. The summed E-state index contributed by atoms with van der Waals surface area (Å²) in [7, 11) is 4.21. The molecule has 1 heterocycles. The first-order valence-corrected chi connectivity index (χ1v) is 7.97. The minimum atomic E-state index is 0.239. The maximum absolute atomic E-state index is 12.5. The van der Waals surface area contributed by atoms with Gasteiger partial charge < -0.3 is 15.5 Å². The fourth-order valence-electron chi connectivity index (χ4n) is 3.16. The maximum Gasteiger partial charge on any atom is 0.225 e. The van der Waals surface area contributed by atoms with Gasteiger partial charge in [0.15, 0.2) is 0 Å². The van der Waals surface area contributed by atoms with E-state index in [2.05, 4.69) is 28.8 Å². The summed E-state index contributed by atoms with van der Waals surface area (Å²) in [6, 6.07) is 0.321. The van der Waals surface area contributed by atoms with Crippen LogP contribution in [-0.2, 0) is 4.79 Å². The second-order valence-electron chi connectivity index (χ2n) is 6.58. The third kappa shape index (κ3) is 4.43. The third-order valence-corrected chi connectivity index (χ3v) is 4.67. The zero-order chi connectivity index (χ0) is 14.5. The number of nitrogens with zero attached hydrogens (tertiary/aromatic N) is 3. The number of amides is 1. The van der Waals surface area contributed by atoms with Gasteiger partial charge in [-0.05, 0) is 39.8 Å². The Morgan fingerprint density at radius 2 is 1.70 bits per heavy atom. The van der Waals surface area contributed by atoms with Crippen LogP contribution in [-0.4, -0.2) is 80.0 Å². The first-order valence-electron chi connectivity index (χ1n) is 7.97. The molecule has 0 spiro atoms. The fourth-order valence-corrected chi connectivity index (χ4v) is 3.16. The molecule has 0 atom stereocenters. The summed E-state index contributed by atoms with van der Waals surface area (Å²) in [5.74, 6) is 0.618. The van der Waals surface area contributed by atoms with Crippen molar-refractivity contribution in [1.29, 1.82) is 0 Å². The van der Waals surface area contributed by atoms with E-state index in [4.69, 9.17) is 5.73 Å². The molecule has 1 aliphatic heterocycles. The Kier molecular flexibility index (Phi) is 5.81. The fraction of sp³-hybridized carbons (Fsp3) is 0.933. The number of hydrogen-bond donors (Lipinski definition) is 1. The summed E-state index contributed by atoms with van der Waals surface area (Å²) in [6.07, 6.45) is 4.00. The van der Waals surface area contributed by atoms with Crippen molar-refractivity contribution in [2.75, 3.05) is 53.4 Å². The van der Waals surface area contributed by atoms with E-state index < -0.39 is 0 Å². The van der Waals surface area contributed by atoms with Gasteiger partial charge in [0.1, 0.15) is 0 Å². The Morgan fingerprint density at radius 1 is 1.10 bits per heavy atom. The Balaban J connectivity index is 1.71. The molecular weight excluding hydrogens is 252 g/mol. The van der Waals surface area contributed by atoms with Crippen molar-refractivity contribution in [2.45, 2.75) is 31.7 Å². The molecule has 0 unspecified atom stereocenters. The number of carbonyl (C=O) groups is 1. The Hall–Kier alpha value is -0.650. The molecule has 5 heteroatoms. The lowest BCUT2D eigenvalue weighted by molar-refractivity contribution is -0.138. The zero-order valence-electron chi connectivity index (χ0n) is 13.1. The molecule has 0 bridgehead atoms. The average molecular weight is 282 g/mol. The summed E-state index contributed by atoms with van der Waals surface area (Å²) in [4.78, 5) is 19.2. The van der Waals surface area contributed by atoms with Crippen LogP contribution >= 0.6 is 0 Å². The molecule has 116 valence electrons. The van der Waals surface area contributed by atoms with E-state index in [0.29, 0.717) is 11.9 Å². The molecule has 0 aromatic carbocycles. The molecule has 2 rings (SSSR count). The molecule has 0 aromatic heterocycles. The van der Waals surface area contributed by atoms with Crippen molar-refractivity contribution in [2.24, 2.45) is 11.7 Å². The summed E-state index contributed by atoms with van der Waals surface area (Å²) in [5.41, 5.74) is 5.92. The minimum Gasteiger partial charge on any atom is -0.340 e. The molecule has 2 N–H and O–H groups in total. The zero-order valence-corrected chi connectivity index (χ0v) is 13.1. The highest BCUT2D eigenvalue weighted by molar-refractivity contribution is 5.79. The Labute approximate surface area is 123 Å². The largest absolute Gasteiger partial charge is 0.340 e. The molecule has 1 aliphatic carbocycles. The second-order valence-corrected chi connectivity index (χ2v) is 6.58. The number of rotatable bonds is 4. The lowest BCUT2D eigenvalue weighted by Gasteiger charge is -2.38. The summed E-state index contributed by atoms with van der Waals surface area (Å²) < 4.78 is 0. The molecule has 0 radical (unpaired) electrons. The first kappa shape index (κ1) is 15.7. The van der Waals surface area contributed by atoms with Crippen molar-refractivity contribution >= 4 is 5.91 Å². The van der Waals surface area contributed by atoms with Gasteiger partial charge in [-0.2, -0.15) is 0 Å². The SMILES string of the molecule is CN(C)CCN1CCN(C(=O)C2CCC(N)CC2)CC1. The number of carbonyl (C=O) groups excluding carboxylic acids is 1. The van der Waals surface area contributed by atoms with Gasteiger partial charge in [0.05, 0.1) is 0 Å². The van der Waals surface area contributed by atoms with E-state index in [-0.39, 0.29) is 5.92 Å². The van der Waals surface area contributed by atoms with Gasteiger partial charge >= 0.3 is 0 Å². The van der Waals surface area contributed by atoms with E-state index in [1.54, 1.807) is 0 Å². The highest BCUT2D eigenvalue weighted by Gasteiger charge is 2.29. The summed E-state index contributed by atoms with van der Waals surface area (Å²) in [5, 5.41) is 0. The first-order chi connectivity index (χ1) is 9.56. The number of piperazine rings is 1. The monoisotopic (exact) mass is 282 g/mol. The van der Waals surface area contributed by atoms with Gasteiger partial charge in [-0.3, -0.25) is 9.69 Å². The maximum atomic E-state index is 12.5. The normalized spacial score (nSPS) is 28.9. The Morgan fingerprint density at radius 3 is 2.25 bits per heavy atom. The lowest BCUT2D eigenvalue weighted by Crippen LogP contribution is -2.51. The molecule has 5 nitrogen and oxygen atoms in total. The van der Waals surface area contributed by atoms with E-state index in [1.807, 2.05) is 0 Å².